The maximum atomic E-state index is 13.5. The lowest BCUT2D eigenvalue weighted by Gasteiger charge is -2.16. The van der Waals surface area contributed by atoms with Gasteiger partial charge in [-0.15, -0.1) is 0 Å². The molecule has 21 heavy (non-hydrogen) atoms. The molecule has 0 unspecified atom stereocenters. The molecule has 0 amide bonds. The van der Waals surface area contributed by atoms with Crippen LogP contribution in [0.15, 0.2) is 42.5 Å². The minimum atomic E-state index is -1.25. The molecule has 0 radical (unpaired) electrons. The molecule has 112 valence electrons. The van der Waals surface area contributed by atoms with Gasteiger partial charge in [-0.1, -0.05) is 18.2 Å². The van der Waals surface area contributed by atoms with Crippen molar-refractivity contribution in [1.82, 2.24) is 0 Å². The number of rotatable bonds is 6. The van der Waals surface area contributed by atoms with E-state index in [0.29, 0.717) is 11.8 Å². The molecule has 0 aliphatic rings. The quantitative estimate of drug-likeness (QED) is 0.636. The molecule has 0 fully saturated rings. The van der Waals surface area contributed by atoms with E-state index in [1.54, 1.807) is 24.3 Å². The molecule has 0 aliphatic carbocycles. The van der Waals surface area contributed by atoms with Crippen LogP contribution in [0.3, 0.4) is 0 Å². The standard InChI is InChI=1S/C15H14F3NO2/c16-13-8-15(18)14(17)7-10(13)6-12(9-20)21-19-11-4-2-1-3-5-11/h1-5,7-8,12,19-20H,6,9H2/t12-/m0/s1. The van der Waals surface area contributed by atoms with Crippen LogP contribution in [-0.2, 0) is 11.3 Å². The van der Waals surface area contributed by atoms with E-state index in [4.69, 9.17) is 4.84 Å². The van der Waals surface area contributed by atoms with Crippen molar-refractivity contribution in [3.63, 3.8) is 0 Å². The molecule has 6 heteroatoms. The fraction of sp³-hybridized carbons (Fsp3) is 0.200. The van der Waals surface area contributed by atoms with Crippen molar-refractivity contribution in [3.05, 3.63) is 65.5 Å². The Morgan fingerprint density at radius 1 is 1.00 bits per heavy atom. The van der Waals surface area contributed by atoms with E-state index in [2.05, 4.69) is 5.48 Å². The monoisotopic (exact) mass is 297 g/mol. The van der Waals surface area contributed by atoms with Gasteiger partial charge in [0.05, 0.1) is 12.3 Å². The average Bonchev–Trinajstić information content (AvgIpc) is 2.49. The van der Waals surface area contributed by atoms with Gasteiger partial charge < -0.3 is 5.11 Å². The van der Waals surface area contributed by atoms with Crippen LogP contribution in [0.1, 0.15) is 5.56 Å². The molecule has 0 saturated carbocycles. The predicted molar refractivity (Wildman–Crippen MR) is 72.0 cm³/mol. The van der Waals surface area contributed by atoms with Crippen LogP contribution >= 0.6 is 0 Å². The first kappa shape index (κ1) is 15.3. The lowest BCUT2D eigenvalue weighted by Crippen LogP contribution is -2.24. The van der Waals surface area contributed by atoms with E-state index in [9.17, 15) is 18.3 Å². The first-order valence-electron chi connectivity index (χ1n) is 6.31. The van der Waals surface area contributed by atoms with Gasteiger partial charge in [-0.05, 0) is 23.8 Å². The topological polar surface area (TPSA) is 41.5 Å². The highest BCUT2D eigenvalue weighted by Gasteiger charge is 2.16. The summed E-state index contributed by atoms with van der Waals surface area (Å²) in [6.45, 7) is -0.404. The fourth-order valence-corrected chi connectivity index (χ4v) is 1.77. The Kier molecular flexibility index (Phi) is 5.19. The van der Waals surface area contributed by atoms with Crippen molar-refractivity contribution in [1.29, 1.82) is 0 Å². The van der Waals surface area contributed by atoms with Crippen LogP contribution in [-0.4, -0.2) is 17.8 Å². The Bertz CT molecular complexity index is 593. The molecule has 2 N–H and O–H groups in total. The van der Waals surface area contributed by atoms with Crippen LogP contribution in [0, 0.1) is 17.5 Å². The molecule has 0 spiro atoms. The molecule has 0 saturated heterocycles. The molecule has 2 rings (SSSR count). The van der Waals surface area contributed by atoms with Gasteiger partial charge in [0.15, 0.2) is 11.6 Å². The Labute approximate surface area is 119 Å². The molecular weight excluding hydrogens is 283 g/mol. The first-order chi connectivity index (χ1) is 10.1. The number of aliphatic hydroxyl groups excluding tert-OH is 1. The summed E-state index contributed by atoms with van der Waals surface area (Å²) in [5.74, 6) is -3.27. The third kappa shape index (κ3) is 4.21. The zero-order valence-corrected chi connectivity index (χ0v) is 11.0. The second-order valence-corrected chi connectivity index (χ2v) is 4.45. The highest BCUT2D eigenvalue weighted by Crippen LogP contribution is 2.16. The molecule has 1 atom stereocenters. The summed E-state index contributed by atoms with van der Waals surface area (Å²) in [5.41, 5.74) is 3.20. The number of benzene rings is 2. The largest absolute Gasteiger partial charge is 0.394 e. The summed E-state index contributed by atoms with van der Waals surface area (Å²) in [6.07, 6.45) is -0.899. The van der Waals surface area contributed by atoms with Gasteiger partial charge in [0.1, 0.15) is 11.9 Å². The van der Waals surface area contributed by atoms with Crippen LogP contribution in [0.25, 0.3) is 0 Å². The van der Waals surface area contributed by atoms with Crippen LogP contribution in [0.2, 0.25) is 0 Å². The third-order valence-electron chi connectivity index (χ3n) is 2.86. The minimum absolute atomic E-state index is 0.0668. The lowest BCUT2D eigenvalue weighted by atomic mass is 10.1. The molecular formula is C15H14F3NO2. The van der Waals surface area contributed by atoms with E-state index in [0.717, 1.165) is 6.07 Å². The van der Waals surface area contributed by atoms with Crippen molar-refractivity contribution in [2.24, 2.45) is 0 Å². The van der Waals surface area contributed by atoms with E-state index < -0.39 is 30.2 Å². The van der Waals surface area contributed by atoms with Gasteiger partial charge in [0, 0.05) is 12.5 Å². The Hall–Kier alpha value is -2.05. The number of anilines is 1. The number of aliphatic hydroxyl groups is 1. The summed E-state index contributed by atoms with van der Waals surface area (Å²) in [4.78, 5) is 5.22. The molecule has 0 aliphatic heterocycles. The molecule has 2 aromatic rings. The second-order valence-electron chi connectivity index (χ2n) is 4.45. The minimum Gasteiger partial charge on any atom is -0.394 e. The van der Waals surface area contributed by atoms with Gasteiger partial charge >= 0.3 is 0 Å². The van der Waals surface area contributed by atoms with Gasteiger partial charge in [-0.25, -0.2) is 13.2 Å². The smallest absolute Gasteiger partial charge is 0.161 e. The zero-order chi connectivity index (χ0) is 15.2. The fourth-order valence-electron chi connectivity index (χ4n) is 1.77. The predicted octanol–water partition coefficient (Wildman–Crippen LogP) is 3.05. The Morgan fingerprint density at radius 3 is 2.33 bits per heavy atom. The maximum Gasteiger partial charge on any atom is 0.161 e. The van der Waals surface area contributed by atoms with Crippen LogP contribution in [0.4, 0.5) is 18.9 Å². The molecule has 0 aromatic heterocycles. The maximum absolute atomic E-state index is 13.5. The van der Waals surface area contributed by atoms with E-state index >= 15 is 0 Å². The molecule has 2 aromatic carbocycles. The number of hydrogen-bond donors (Lipinski definition) is 2. The third-order valence-corrected chi connectivity index (χ3v) is 2.86. The Morgan fingerprint density at radius 2 is 1.67 bits per heavy atom. The summed E-state index contributed by atoms with van der Waals surface area (Å²) in [6, 6.07) is 10.1. The van der Waals surface area contributed by atoms with Gasteiger partial charge in [-0.3, -0.25) is 10.3 Å². The van der Waals surface area contributed by atoms with Gasteiger partial charge in [0.25, 0.3) is 0 Å². The first-order valence-corrected chi connectivity index (χ1v) is 6.31. The molecule has 0 heterocycles. The lowest BCUT2D eigenvalue weighted by molar-refractivity contribution is 0.0470. The van der Waals surface area contributed by atoms with Crippen LogP contribution < -0.4 is 5.48 Å². The highest BCUT2D eigenvalue weighted by atomic mass is 19.2. The number of para-hydroxylation sites is 1. The van der Waals surface area contributed by atoms with Crippen molar-refractivity contribution in [2.45, 2.75) is 12.5 Å². The van der Waals surface area contributed by atoms with E-state index in [1.165, 1.54) is 0 Å². The van der Waals surface area contributed by atoms with E-state index in [-0.39, 0.29) is 12.0 Å². The number of halogens is 3. The summed E-state index contributed by atoms with van der Waals surface area (Å²) in [5, 5.41) is 9.22. The normalized spacial score (nSPS) is 12.2. The summed E-state index contributed by atoms with van der Waals surface area (Å²) < 4.78 is 39.5. The SMILES string of the molecule is OC[C@H](Cc1cc(F)c(F)cc1F)ONc1ccccc1. The summed E-state index contributed by atoms with van der Waals surface area (Å²) >= 11 is 0. The second kappa shape index (κ2) is 7.10. The van der Waals surface area contributed by atoms with Gasteiger partial charge in [-0.2, -0.15) is 0 Å². The van der Waals surface area contributed by atoms with Crippen molar-refractivity contribution in [3.8, 4) is 0 Å². The number of hydrogen-bond acceptors (Lipinski definition) is 3. The van der Waals surface area contributed by atoms with Crippen molar-refractivity contribution >= 4 is 5.69 Å². The van der Waals surface area contributed by atoms with Crippen molar-refractivity contribution < 1.29 is 23.1 Å². The zero-order valence-electron chi connectivity index (χ0n) is 11.0. The van der Waals surface area contributed by atoms with Crippen LogP contribution in [0.5, 0.6) is 0 Å². The molecule has 3 nitrogen and oxygen atoms in total. The Balaban J connectivity index is 2.01. The van der Waals surface area contributed by atoms with Gasteiger partial charge in [0.2, 0.25) is 0 Å². The van der Waals surface area contributed by atoms with Crippen molar-refractivity contribution in [2.75, 3.05) is 12.1 Å². The highest BCUT2D eigenvalue weighted by molar-refractivity contribution is 5.40. The average molecular weight is 297 g/mol. The summed E-state index contributed by atoms with van der Waals surface area (Å²) in [7, 11) is 0. The number of nitrogens with one attached hydrogen (secondary N) is 1. The van der Waals surface area contributed by atoms with E-state index in [1.807, 2.05) is 6.07 Å². The molecule has 0 bridgehead atoms.